The van der Waals surface area contributed by atoms with E-state index < -0.39 is 0 Å². The number of nitrogens with one attached hydrogen (secondary N) is 2. The first-order valence-corrected chi connectivity index (χ1v) is 9.87. The van der Waals surface area contributed by atoms with Gasteiger partial charge in [0.25, 0.3) is 5.56 Å². The second-order valence-electron chi connectivity index (χ2n) is 5.60. The van der Waals surface area contributed by atoms with Crippen LogP contribution < -0.4 is 10.9 Å². The van der Waals surface area contributed by atoms with Crippen LogP contribution in [0.2, 0.25) is 0 Å². The van der Waals surface area contributed by atoms with Gasteiger partial charge in [0.1, 0.15) is 0 Å². The first kappa shape index (κ1) is 21.1. The topological polar surface area (TPSA) is 87.7 Å². The number of halogens is 1. The second-order valence-corrected chi connectivity index (χ2v) is 7.65. The van der Waals surface area contributed by atoms with E-state index in [4.69, 9.17) is 0 Å². The Balaban J connectivity index is 0.00000261. The Morgan fingerprint density at radius 1 is 1.30 bits per heavy atom. The van der Waals surface area contributed by atoms with Gasteiger partial charge in [-0.2, -0.15) is 0 Å². The maximum Gasteiger partial charge on any atom is 0.251 e. The van der Waals surface area contributed by atoms with Gasteiger partial charge in [0.05, 0.1) is 10.9 Å². The van der Waals surface area contributed by atoms with Gasteiger partial charge in [0, 0.05) is 22.7 Å². The Kier molecular flexibility index (Phi) is 7.58. The zero-order chi connectivity index (χ0) is 18.5. The standard InChI is InChI=1S/C18H18N4O2S2.ClH/c1-3-14(26-18-19-11(2)9-15(23)21-18)16(24)22-17-20-13(10-25-17)12-7-5-4-6-8-12;/h4-10,14H,3H2,1-2H3,(H,19,21,23)(H,20,22,24);1H. The smallest absolute Gasteiger partial charge is 0.251 e. The van der Waals surface area contributed by atoms with Crippen LogP contribution in [0.5, 0.6) is 0 Å². The van der Waals surface area contributed by atoms with Crippen LogP contribution in [0.3, 0.4) is 0 Å². The van der Waals surface area contributed by atoms with Gasteiger partial charge in [0.2, 0.25) is 5.91 Å². The molecule has 0 aliphatic rings. The summed E-state index contributed by atoms with van der Waals surface area (Å²) in [5, 5.41) is 5.40. The first-order chi connectivity index (χ1) is 12.5. The van der Waals surface area contributed by atoms with E-state index in [1.54, 1.807) is 6.92 Å². The molecule has 0 aliphatic heterocycles. The predicted molar refractivity (Wildman–Crippen MR) is 113 cm³/mol. The lowest BCUT2D eigenvalue weighted by atomic mass is 10.2. The normalized spacial score (nSPS) is 11.5. The second kappa shape index (κ2) is 9.68. The number of aryl methyl sites for hydroxylation is 1. The number of H-pyrrole nitrogens is 1. The molecule has 2 heterocycles. The minimum absolute atomic E-state index is 0. The largest absolute Gasteiger partial charge is 0.301 e. The van der Waals surface area contributed by atoms with Crippen molar-refractivity contribution >= 4 is 46.5 Å². The van der Waals surface area contributed by atoms with Crippen LogP contribution in [0.15, 0.2) is 51.7 Å². The molecule has 0 saturated heterocycles. The number of nitrogens with zero attached hydrogens (tertiary/aromatic N) is 2. The highest BCUT2D eigenvalue weighted by molar-refractivity contribution is 8.00. The maximum atomic E-state index is 12.6. The molecule has 3 rings (SSSR count). The van der Waals surface area contributed by atoms with Crippen molar-refractivity contribution in [3.8, 4) is 11.3 Å². The van der Waals surface area contributed by atoms with Crippen molar-refractivity contribution in [2.45, 2.75) is 30.7 Å². The van der Waals surface area contributed by atoms with Crippen LogP contribution in [-0.2, 0) is 4.79 Å². The Morgan fingerprint density at radius 2 is 2.04 bits per heavy atom. The van der Waals surface area contributed by atoms with Gasteiger partial charge in [-0.3, -0.25) is 9.59 Å². The SMILES string of the molecule is CCC(Sc1nc(C)cc(=O)[nH]1)C(=O)Nc1nc(-c2ccccc2)cs1.Cl. The van der Waals surface area contributed by atoms with Gasteiger partial charge in [-0.25, -0.2) is 9.97 Å². The van der Waals surface area contributed by atoms with Crippen molar-refractivity contribution in [3.05, 3.63) is 57.8 Å². The number of hydrogen-bond donors (Lipinski definition) is 2. The number of aromatic nitrogens is 3. The Morgan fingerprint density at radius 3 is 2.70 bits per heavy atom. The highest BCUT2D eigenvalue weighted by Crippen LogP contribution is 2.27. The predicted octanol–water partition coefficient (Wildman–Crippen LogP) is 4.13. The number of anilines is 1. The number of rotatable bonds is 6. The summed E-state index contributed by atoms with van der Waals surface area (Å²) in [6.45, 7) is 3.67. The third kappa shape index (κ3) is 5.66. The van der Waals surface area contributed by atoms with E-state index in [0.29, 0.717) is 22.4 Å². The molecule has 1 amide bonds. The lowest BCUT2D eigenvalue weighted by molar-refractivity contribution is -0.115. The number of thiazole rings is 1. The van der Waals surface area contributed by atoms with Gasteiger partial charge >= 0.3 is 0 Å². The summed E-state index contributed by atoms with van der Waals surface area (Å²) in [4.78, 5) is 35.5. The first-order valence-electron chi connectivity index (χ1n) is 8.11. The summed E-state index contributed by atoms with van der Waals surface area (Å²) < 4.78 is 0. The number of carbonyl (C=O) groups is 1. The van der Waals surface area contributed by atoms with Crippen molar-refractivity contribution in [1.29, 1.82) is 0 Å². The highest BCUT2D eigenvalue weighted by Gasteiger charge is 2.20. The zero-order valence-corrected chi connectivity index (χ0v) is 17.2. The van der Waals surface area contributed by atoms with E-state index in [1.807, 2.05) is 42.6 Å². The number of aromatic amines is 1. The Labute approximate surface area is 171 Å². The molecule has 2 aromatic heterocycles. The number of hydrogen-bond acceptors (Lipinski definition) is 6. The molecule has 0 aliphatic carbocycles. The Bertz CT molecular complexity index is 959. The maximum absolute atomic E-state index is 12.6. The van der Waals surface area contributed by atoms with Crippen molar-refractivity contribution in [2.75, 3.05) is 5.32 Å². The molecule has 142 valence electrons. The highest BCUT2D eigenvalue weighted by atomic mass is 35.5. The van der Waals surface area contributed by atoms with Crippen LogP contribution >= 0.6 is 35.5 Å². The lowest BCUT2D eigenvalue weighted by Gasteiger charge is -2.12. The third-order valence-electron chi connectivity index (χ3n) is 3.57. The lowest BCUT2D eigenvalue weighted by Crippen LogP contribution is -2.25. The molecule has 1 aromatic carbocycles. The molecule has 1 atom stereocenters. The fourth-order valence-corrected chi connectivity index (χ4v) is 4.00. The van der Waals surface area contributed by atoms with Gasteiger partial charge in [0.15, 0.2) is 10.3 Å². The van der Waals surface area contributed by atoms with Crippen LogP contribution in [-0.4, -0.2) is 26.1 Å². The zero-order valence-electron chi connectivity index (χ0n) is 14.8. The quantitative estimate of drug-likeness (QED) is 0.460. The summed E-state index contributed by atoms with van der Waals surface area (Å²) >= 11 is 2.63. The fraction of sp³-hybridized carbons (Fsp3) is 0.222. The molecule has 0 bridgehead atoms. The number of carbonyl (C=O) groups excluding carboxylic acids is 1. The molecule has 27 heavy (non-hydrogen) atoms. The molecular weight excluding hydrogens is 404 g/mol. The van der Waals surface area contributed by atoms with E-state index in [1.165, 1.54) is 29.2 Å². The summed E-state index contributed by atoms with van der Waals surface area (Å²) in [5.74, 6) is -0.157. The van der Waals surface area contributed by atoms with Gasteiger partial charge in [-0.15, -0.1) is 23.7 Å². The molecule has 1 unspecified atom stereocenters. The van der Waals surface area contributed by atoms with E-state index in [2.05, 4.69) is 20.3 Å². The third-order valence-corrected chi connectivity index (χ3v) is 5.58. The number of thioether (sulfide) groups is 1. The molecule has 3 aromatic rings. The van der Waals surface area contributed by atoms with Gasteiger partial charge in [-0.05, 0) is 13.3 Å². The van der Waals surface area contributed by atoms with E-state index in [-0.39, 0.29) is 29.1 Å². The van der Waals surface area contributed by atoms with Gasteiger partial charge in [-0.1, -0.05) is 49.0 Å². The molecule has 0 spiro atoms. The van der Waals surface area contributed by atoms with Crippen molar-refractivity contribution in [2.24, 2.45) is 0 Å². The van der Waals surface area contributed by atoms with E-state index in [9.17, 15) is 9.59 Å². The van der Waals surface area contributed by atoms with Crippen LogP contribution in [0.1, 0.15) is 19.0 Å². The minimum Gasteiger partial charge on any atom is -0.301 e. The monoisotopic (exact) mass is 422 g/mol. The molecule has 6 nitrogen and oxygen atoms in total. The minimum atomic E-state index is -0.371. The molecule has 0 saturated carbocycles. The van der Waals surface area contributed by atoms with Gasteiger partial charge < -0.3 is 10.3 Å². The average molecular weight is 423 g/mol. The summed E-state index contributed by atoms with van der Waals surface area (Å²) in [6, 6.07) is 11.2. The average Bonchev–Trinajstić information content (AvgIpc) is 3.08. The van der Waals surface area contributed by atoms with E-state index in [0.717, 1.165) is 11.3 Å². The van der Waals surface area contributed by atoms with Crippen LogP contribution in [0.25, 0.3) is 11.3 Å². The van der Waals surface area contributed by atoms with Crippen molar-refractivity contribution in [3.63, 3.8) is 0 Å². The molecule has 0 fully saturated rings. The number of benzene rings is 1. The summed E-state index contributed by atoms with van der Waals surface area (Å²) in [7, 11) is 0. The molecule has 0 radical (unpaired) electrons. The molecular formula is C18H19ClN4O2S2. The van der Waals surface area contributed by atoms with Crippen LogP contribution in [0, 0.1) is 6.92 Å². The summed E-state index contributed by atoms with van der Waals surface area (Å²) in [5.41, 5.74) is 2.24. The number of amides is 1. The van der Waals surface area contributed by atoms with Crippen molar-refractivity contribution in [1.82, 2.24) is 15.0 Å². The molecule has 9 heteroatoms. The Hall–Kier alpha value is -2.16. The molecule has 2 N–H and O–H groups in total. The van der Waals surface area contributed by atoms with E-state index >= 15 is 0 Å². The fourth-order valence-electron chi connectivity index (χ4n) is 2.32. The van der Waals surface area contributed by atoms with Crippen molar-refractivity contribution < 1.29 is 4.79 Å². The summed E-state index contributed by atoms with van der Waals surface area (Å²) in [6.07, 6.45) is 0.602. The van der Waals surface area contributed by atoms with Crippen LogP contribution in [0.4, 0.5) is 5.13 Å².